The molecule has 192 valence electrons. The molecule has 0 bridgehead atoms. The van der Waals surface area contributed by atoms with Gasteiger partial charge in [0.15, 0.2) is 11.4 Å². The van der Waals surface area contributed by atoms with Crippen LogP contribution in [0.2, 0.25) is 0 Å². The van der Waals surface area contributed by atoms with Crippen molar-refractivity contribution >= 4 is 34.4 Å². The van der Waals surface area contributed by atoms with Crippen LogP contribution in [-0.2, 0) is 27.6 Å². The van der Waals surface area contributed by atoms with E-state index in [1.807, 2.05) is 0 Å². The van der Waals surface area contributed by atoms with Crippen LogP contribution in [0.15, 0.2) is 29.3 Å². The number of carbonyl (C=O) groups excluding carboxylic acids is 3. The van der Waals surface area contributed by atoms with Gasteiger partial charge in [0.25, 0.3) is 12.3 Å². The topological polar surface area (TPSA) is 122 Å². The predicted molar refractivity (Wildman–Crippen MR) is 120 cm³/mol. The van der Waals surface area contributed by atoms with Crippen LogP contribution in [0.1, 0.15) is 35.3 Å². The van der Waals surface area contributed by atoms with E-state index < -0.39 is 52.1 Å². The van der Waals surface area contributed by atoms with E-state index in [-0.39, 0.29) is 47.8 Å². The molecule has 2 aromatic rings. The van der Waals surface area contributed by atoms with Crippen LogP contribution in [-0.4, -0.2) is 62.7 Å². The zero-order valence-electron chi connectivity index (χ0n) is 19.0. The minimum Gasteiger partial charge on any atom is -0.488 e. The van der Waals surface area contributed by atoms with E-state index in [9.17, 15) is 31.8 Å². The summed E-state index contributed by atoms with van der Waals surface area (Å²) >= 11 is 0. The predicted octanol–water partition coefficient (Wildman–Crippen LogP) is 1.22. The van der Waals surface area contributed by atoms with Crippen LogP contribution in [0.5, 0.6) is 5.75 Å². The number of aryl methyl sites for hydroxylation is 1. The molecule has 1 aliphatic carbocycles. The molecule has 14 heteroatoms. The minimum atomic E-state index is -3.06. The van der Waals surface area contributed by atoms with Crippen LogP contribution in [0.25, 0.3) is 0 Å². The smallest absolute Gasteiger partial charge is 0.312 e. The van der Waals surface area contributed by atoms with Crippen molar-refractivity contribution in [1.29, 1.82) is 0 Å². The standard InChI is InChI=1S/C22H22F3N5O5S/c1-29-7-15-17(16(29)19(31)27-12-4-5-14(23)13(6-12)18(24)25)35-10-22(28-36(15)34)8-30(9-22)21(33)20(32)26-11-2-3-11/h4-7,11,18,28H,2-3,8-10H2,1H3,(H,26,32)(H,27,31). The average Bonchev–Trinajstić information content (AvgIpc) is 3.57. The van der Waals surface area contributed by atoms with E-state index in [2.05, 4.69) is 15.4 Å². The number of aromatic nitrogens is 1. The summed E-state index contributed by atoms with van der Waals surface area (Å²) < 4.78 is 62.9. The number of ether oxygens (including phenoxy) is 1. The number of hydrogen-bond donors (Lipinski definition) is 3. The van der Waals surface area contributed by atoms with Gasteiger partial charge < -0.3 is 24.8 Å². The van der Waals surface area contributed by atoms with Crippen LogP contribution in [0.4, 0.5) is 18.9 Å². The zero-order valence-corrected chi connectivity index (χ0v) is 19.8. The number of halogens is 3. The fourth-order valence-electron chi connectivity index (χ4n) is 4.18. The fraction of sp³-hybridized carbons (Fsp3) is 0.409. The highest BCUT2D eigenvalue weighted by molar-refractivity contribution is 7.83. The molecule has 1 unspecified atom stereocenters. The SMILES string of the molecule is Cn1cc2c(c1C(=O)Nc1ccc(F)c(C(F)F)c1)OCC1(CN(C(=O)C(=O)NC3CC3)C1)NS2=O. The lowest BCUT2D eigenvalue weighted by molar-refractivity contribution is -0.151. The van der Waals surface area contributed by atoms with Gasteiger partial charge in [-0.15, -0.1) is 0 Å². The number of anilines is 1. The molecule has 1 aromatic heterocycles. The fourth-order valence-corrected chi connectivity index (χ4v) is 5.45. The number of rotatable bonds is 4. The van der Waals surface area contributed by atoms with Gasteiger partial charge in [-0.2, -0.15) is 0 Å². The van der Waals surface area contributed by atoms with Crippen molar-refractivity contribution in [3.05, 3.63) is 41.5 Å². The Balaban J connectivity index is 1.30. The minimum absolute atomic E-state index is 0.0174. The molecule has 3 amide bonds. The largest absolute Gasteiger partial charge is 0.488 e. The summed E-state index contributed by atoms with van der Waals surface area (Å²) in [6.45, 7) is 0.120. The van der Waals surface area contributed by atoms with Crippen molar-refractivity contribution in [2.24, 2.45) is 7.05 Å². The molecule has 10 nitrogen and oxygen atoms in total. The van der Waals surface area contributed by atoms with E-state index in [4.69, 9.17) is 4.74 Å². The first kappa shape index (κ1) is 24.3. The maximum absolute atomic E-state index is 13.6. The molecular formula is C22H22F3N5O5S. The molecule has 2 fully saturated rings. The molecule has 0 radical (unpaired) electrons. The summed E-state index contributed by atoms with van der Waals surface area (Å²) in [6, 6.07) is 2.86. The highest BCUT2D eigenvalue weighted by Crippen LogP contribution is 2.36. The van der Waals surface area contributed by atoms with Gasteiger partial charge in [-0.05, 0) is 31.0 Å². The van der Waals surface area contributed by atoms with E-state index in [0.717, 1.165) is 31.0 Å². The second-order valence-electron chi connectivity index (χ2n) is 9.12. The molecule has 3 heterocycles. The number of alkyl halides is 2. The molecule has 5 rings (SSSR count). The van der Waals surface area contributed by atoms with Crippen molar-refractivity contribution in [1.82, 2.24) is 19.5 Å². The van der Waals surface area contributed by atoms with Gasteiger partial charge in [0.05, 0.1) is 11.1 Å². The Labute approximate surface area is 205 Å². The van der Waals surface area contributed by atoms with Gasteiger partial charge in [-0.3, -0.25) is 14.4 Å². The van der Waals surface area contributed by atoms with Crippen molar-refractivity contribution < 1.29 is 36.5 Å². The van der Waals surface area contributed by atoms with E-state index in [1.54, 1.807) is 0 Å². The number of benzene rings is 1. The summed E-state index contributed by atoms with van der Waals surface area (Å²) in [6.07, 6.45) is 0.0719. The Kier molecular flexibility index (Phi) is 6.03. The number of hydrogen-bond acceptors (Lipinski definition) is 5. The zero-order chi connectivity index (χ0) is 25.8. The van der Waals surface area contributed by atoms with E-state index in [1.165, 1.54) is 22.7 Å². The molecular weight excluding hydrogens is 503 g/mol. The van der Waals surface area contributed by atoms with Gasteiger partial charge in [-0.1, -0.05) is 0 Å². The third-order valence-corrected chi connectivity index (χ3v) is 7.50. The number of nitrogens with zero attached hydrogens (tertiary/aromatic N) is 2. The quantitative estimate of drug-likeness (QED) is 0.519. The van der Waals surface area contributed by atoms with Gasteiger partial charge in [0.2, 0.25) is 0 Å². The lowest BCUT2D eigenvalue weighted by Crippen LogP contribution is -2.73. The monoisotopic (exact) mass is 525 g/mol. The van der Waals surface area contributed by atoms with Crippen molar-refractivity contribution in [3.63, 3.8) is 0 Å². The van der Waals surface area contributed by atoms with Gasteiger partial charge in [0.1, 0.15) is 28.3 Å². The summed E-state index contributed by atoms with van der Waals surface area (Å²) in [5.74, 6) is -3.15. The number of fused-ring (bicyclic) bond motifs is 1. The lowest BCUT2D eigenvalue weighted by atomic mass is 9.92. The van der Waals surface area contributed by atoms with Gasteiger partial charge >= 0.3 is 11.8 Å². The molecule has 1 saturated carbocycles. The summed E-state index contributed by atoms with van der Waals surface area (Å²) in [4.78, 5) is 38.9. The molecule has 1 spiro atoms. The normalized spacial score (nSPS) is 20.2. The van der Waals surface area contributed by atoms with Crippen LogP contribution in [0.3, 0.4) is 0 Å². The van der Waals surface area contributed by atoms with Crippen molar-refractivity contribution in [3.8, 4) is 5.75 Å². The van der Waals surface area contributed by atoms with Crippen molar-refractivity contribution in [2.45, 2.75) is 35.7 Å². The third kappa shape index (κ3) is 4.46. The Hall–Kier alpha value is -3.39. The maximum Gasteiger partial charge on any atom is 0.312 e. The number of nitrogens with one attached hydrogen (secondary N) is 3. The Morgan fingerprint density at radius 2 is 1.97 bits per heavy atom. The van der Waals surface area contributed by atoms with Gasteiger partial charge in [-0.25, -0.2) is 22.1 Å². The average molecular weight is 526 g/mol. The Bertz CT molecular complexity index is 1290. The first-order chi connectivity index (χ1) is 17.1. The Morgan fingerprint density at radius 1 is 1.25 bits per heavy atom. The molecule has 1 atom stereocenters. The second kappa shape index (κ2) is 8.92. The molecule has 1 saturated heterocycles. The number of carbonyl (C=O) groups is 3. The Morgan fingerprint density at radius 3 is 2.64 bits per heavy atom. The summed E-state index contributed by atoms with van der Waals surface area (Å²) in [5, 5.41) is 5.07. The highest BCUT2D eigenvalue weighted by atomic mass is 32.2. The maximum atomic E-state index is 13.6. The number of amides is 3. The molecule has 3 N–H and O–H groups in total. The molecule has 1 aromatic carbocycles. The van der Waals surface area contributed by atoms with E-state index >= 15 is 0 Å². The molecule has 3 aliphatic rings. The molecule has 2 aliphatic heterocycles. The third-order valence-electron chi connectivity index (χ3n) is 6.19. The van der Waals surface area contributed by atoms with Crippen LogP contribution >= 0.6 is 0 Å². The van der Waals surface area contributed by atoms with Crippen LogP contribution < -0.4 is 20.1 Å². The number of likely N-dealkylation sites (tertiary alicyclic amines) is 1. The van der Waals surface area contributed by atoms with Gasteiger partial charge in [0, 0.05) is 38.1 Å². The van der Waals surface area contributed by atoms with E-state index in [0.29, 0.717) is 0 Å². The summed E-state index contributed by atoms with van der Waals surface area (Å²) in [7, 11) is -0.292. The van der Waals surface area contributed by atoms with Crippen LogP contribution in [0, 0.1) is 5.82 Å². The lowest BCUT2D eigenvalue weighted by Gasteiger charge is -2.48. The summed E-state index contributed by atoms with van der Waals surface area (Å²) in [5.41, 5.74) is -1.80. The van der Waals surface area contributed by atoms with Crippen molar-refractivity contribution in [2.75, 3.05) is 25.0 Å². The first-order valence-corrected chi connectivity index (χ1v) is 12.2. The highest BCUT2D eigenvalue weighted by Gasteiger charge is 2.51. The molecule has 36 heavy (non-hydrogen) atoms. The first-order valence-electron chi connectivity index (χ1n) is 11.1. The second-order valence-corrected chi connectivity index (χ2v) is 10.3.